The fourth-order valence-electron chi connectivity index (χ4n) is 3.70. The van der Waals surface area contributed by atoms with Gasteiger partial charge in [-0.15, -0.1) is 0 Å². The third kappa shape index (κ3) is 6.27. The molecule has 1 heterocycles. The number of halogens is 2. The molecular weight excluding hydrogens is 551 g/mol. The van der Waals surface area contributed by atoms with E-state index in [1.54, 1.807) is 47.4 Å². The first-order valence-electron chi connectivity index (χ1n) is 11.1. The number of amides is 2. The summed E-state index contributed by atoms with van der Waals surface area (Å²) in [4.78, 5) is 27.6. The fraction of sp³-hybridized carbons (Fsp3) is 0.148. The average Bonchev–Trinajstić information content (AvgIpc) is 3.16. The first kappa shape index (κ1) is 27.0. The highest BCUT2D eigenvalue weighted by atomic mass is 35.5. The minimum atomic E-state index is -0.411. The molecule has 0 aromatic heterocycles. The molecule has 1 N–H and O–H groups in total. The van der Waals surface area contributed by atoms with Crippen LogP contribution in [0.15, 0.2) is 71.6 Å². The van der Waals surface area contributed by atoms with Gasteiger partial charge >= 0.3 is 0 Å². The van der Waals surface area contributed by atoms with Gasteiger partial charge < -0.3 is 14.8 Å². The van der Waals surface area contributed by atoms with Crippen LogP contribution in [0.1, 0.15) is 24.1 Å². The van der Waals surface area contributed by atoms with Crippen molar-refractivity contribution in [3.05, 3.63) is 92.8 Å². The number of thiocarbonyl (C=S) groups is 1. The number of anilines is 1. The highest BCUT2D eigenvalue weighted by molar-refractivity contribution is 8.26. The molecule has 10 heteroatoms. The third-order valence-electron chi connectivity index (χ3n) is 5.54. The summed E-state index contributed by atoms with van der Waals surface area (Å²) in [5, 5.41) is 3.33. The van der Waals surface area contributed by atoms with Gasteiger partial charge in [0.25, 0.3) is 11.8 Å². The number of nitrogens with one attached hydrogen (secondary N) is 1. The first-order valence-corrected chi connectivity index (χ1v) is 13.1. The van der Waals surface area contributed by atoms with Gasteiger partial charge in [0.1, 0.15) is 4.32 Å². The van der Waals surface area contributed by atoms with Crippen LogP contribution in [0.5, 0.6) is 11.5 Å². The number of nitrogens with zero attached hydrogens (tertiary/aromatic N) is 1. The number of benzene rings is 3. The molecule has 190 valence electrons. The monoisotopic (exact) mass is 572 g/mol. The van der Waals surface area contributed by atoms with Crippen molar-refractivity contribution in [2.75, 3.05) is 19.0 Å². The van der Waals surface area contributed by atoms with Crippen LogP contribution in [0.25, 0.3) is 6.08 Å². The second kappa shape index (κ2) is 12.0. The molecule has 37 heavy (non-hydrogen) atoms. The summed E-state index contributed by atoms with van der Waals surface area (Å²) in [6.07, 6.45) is 1.71. The summed E-state index contributed by atoms with van der Waals surface area (Å²) < 4.78 is 11.6. The van der Waals surface area contributed by atoms with Crippen LogP contribution in [-0.4, -0.2) is 34.8 Å². The molecule has 1 saturated heterocycles. The maximum Gasteiger partial charge on any atom is 0.266 e. The quantitative estimate of drug-likeness (QED) is 0.232. The number of ether oxygens (including phenoxy) is 2. The number of methoxy groups -OCH3 is 1. The Morgan fingerprint density at radius 2 is 1.81 bits per heavy atom. The number of para-hydroxylation sites is 1. The predicted octanol–water partition coefficient (Wildman–Crippen LogP) is 6.98. The Morgan fingerprint density at radius 1 is 1.11 bits per heavy atom. The zero-order valence-corrected chi connectivity index (χ0v) is 23.0. The van der Waals surface area contributed by atoms with Gasteiger partial charge in [0.15, 0.2) is 18.1 Å². The molecule has 1 atom stereocenters. The van der Waals surface area contributed by atoms with Crippen molar-refractivity contribution >= 4 is 75.1 Å². The van der Waals surface area contributed by atoms with Gasteiger partial charge in [0.2, 0.25) is 0 Å². The van der Waals surface area contributed by atoms with Crippen molar-refractivity contribution in [3.63, 3.8) is 0 Å². The van der Waals surface area contributed by atoms with Crippen molar-refractivity contribution in [3.8, 4) is 11.5 Å². The third-order valence-corrected chi connectivity index (χ3v) is 7.48. The molecule has 0 radical (unpaired) electrons. The van der Waals surface area contributed by atoms with Gasteiger partial charge in [0, 0.05) is 0 Å². The maximum atomic E-state index is 13.2. The summed E-state index contributed by atoms with van der Waals surface area (Å²) >= 11 is 19.3. The van der Waals surface area contributed by atoms with Gasteiger partial charge in [-0.25, -0.2) is 0 Å². The Hall–Kier alpha value is -3.04. The normalized spacial score (nSPS) is 15.1. The van der Waals surface area contributed by atoms with Crippen molar-refractivity contribution in [1.29, 1.82) is 0 Å². The Balaban J connectivity index is 1.49. The second-order valence-electron chi connectivity index (χ2n) is 7.99. The van der Waals surface area contributed by atoms with E-state index in [1.165, 1.54) is 18.9 Å². The highest BCUT2D eigenvalue weighted by Gasteiger charge is 2.36. The van der Waals surface area contributed by atoms with Crippen molar-refractivity contribution in [1.82, 2.24) is 4.90 Å². The Morgan fingerprint density at radius 3 is 2.51 bits per heavy atom. The van der Waals surface area contributed by atoms with E-state index in [0.717, 1.165) is 5.56 Å². The van der Waals surface area contributed by atoms with Gasteiger partial charge in [-0.05, 0) is 48.4 Å². The molecular formula is C27H22Cl2N2O4S2. The maximum absolute atomic E-state index is 13.2. The van der Waals surface area contributed by atoms with Gasteiger partial charge in [-0.1, -0.05) is 89.6 Å². The summed E-state index contributed by atoms with van der Waals surface area (Å²) in [5.74, 6) is -0.0668. The van der Waals surface area contributed by atoms with Crippen LogP contribution in [0.2, 0.25) is 10.0 Å². The average molecular weight is 574 g/mol. The largest absolute Gasteiger partial charge is 0.493 e. The molecule has 6 nitrogen and oxygen atoms in total. The highest BCUT2D eigenvalue weighted by Crippen LogP contribution is 2.41. The molecule has 0 bridgehead atoms. The molecule has 4 rings (SSSR count). The van der Waals surface area contributed by atoms with Gasteiger partial charge in [-0.3, -0.25) is 14.5 Å². The summed E-state index contributed by atoms with van der Waals surface area (Å²) in [5.41, 5.74) is 2.09. The molecule has 0 unspecified atom stereocenters. The minimum Gasteiger partial charge on any atom is -0.493 e. The van der Waals surface area contributed by atoms with Crippen molar-refractivity contribution in [2.45, 2.75) is 13.0 Å². The molecule has 1 aliphatic rings. The second-order valence-corrected chi connectivity index (χ2v) is 10.5. The lowest BCUT2D eigenvalue weighted by atomic mass is 10.1. The van der Waals surface area contributed by atoms with Crippen molar-refractivity contribution in [2.24, 2.45) is 0 Å². The number of carbonyl (C=O) groups is 2. The summed E-state index contributed by atoms with van der Waals surface area (Å²) in [6, 6.07) is 19.7. The van der Waals surface area contributed by atoms with E-state index >= 15 is 0 Å². The van der Waals surface area contributed by atoms with E-state index in [2.05, 4.69) is 5.32 Å². The molecule has 3 aromatic carbocycles. The van der Waals surface area contributed by atoms with E-state index in [4.69, 9.17) is 44.9 Å². The van der Waals surface area contributed by atoms with E-state index in [9.17, 15) is 9.59 Å². The fourth-order valence-corrected chi connectivity index (χ4v) is 5.57. The Kier molecular flexibility index (Phi) is 8.76. The SMILES string of the molecule is COc1cc(/C=C2\SC(=S)N([C@H](C)c3ccccc3)C2=O)cc(Cl)c1OCC(=O)Nc1ccccc1Cl. The molecule has 2 amide bonds. The Bertz CT molecular complexity index is 1380. The molecule has 1 fully saturated rings. The van der Waals surface area contributed by atoms with Crippen LogP contribution in [-0.2, 0) is 9.59 Å². The molecule has 0 aliphatic carbocycles. The number of hydrogen-bond donors (Lipinski definition) is 1. The van der Waals surface area contributed by atoms with E-state index in [1.807, 2.05) is 37.3 Å². The van der Waals surface area contributed by atoms with Crippen LogP contribution >= 0.6 is 47.2 Å². The van der Waals surface area contributed by atoms with Crippen LogP contribution in [0, 0.1) is 0 Å². The topological polar surface area (TPSA) is 67.9 Å². The molecule has 0 spiro atoms. The van der Waals surface area contributed by atoms with Gasteiger partial charge in [-0.2, -0.15) is 0 Å². The van der Waals surface area contributed by atoms with Gasteiger partial charge in [0.05, 0.1) is 33.8 Å². The Labute approximate surface area is 234 Å². The number of carbonyl (C=O) groups excluding carboxylic acids is 2. The predicted molar refractivity (Wildman–Crippen MR) is 153 cm³/mol. The lowest BCUT2D eigenvalue weighted by molar-refractivity contribution is -0.123. The van der Waals surface area contributed by atoms with Crippen molar-refractivity contribution < 1.29 is 19.1 Å². The minimum absolute atomic E-state index is 0.182. The van der Waals surface area contributed by atoms with Crippen LogP contribution < -0.4 is 14.8 Å². The van der Waals surface area contributed by atoms with Crippen LogP contribution in [0.4, 0.5) is 5.69 Å². The number of hydrogen-bond acceptors (Lipinski definition) is 6. The first-order chi connectivity index (χ1) is 17.8. The summed E-state index contributed by atoms with van der Waals surface area (Å²) in [6.45, 7) is 1.63. The molecule has 0 saturated carbocycles. The van der Waals surface area contributed by atoms with E-state index in [0.29, 0.717) is 31.2 Å². The lowest BCUT2D eigenvalue weighted by Crippen LogP contribution is -2.30. The number of thioether (sulfide) groups is 1. The summed E-state index contributed by atoms with van der Waals surface area (Å²) in [7, 11) is 1.47. The molecule has 3 aromatic rings. The van der Waals surface area contributed by atoms with E-state index < -0.39 is 5.91 Å². The lowest BCUT2D eigenvalue weighted by Gasteiger charge is -2.23. The molecule has 1 aliphatic heterocycles. The van der Waals surface area contributed by atoms with E-state index in [-0.39, 0.29) is 29.3 Å². The zero-order valence-electron chi connectivity index (χ0n) is 19.9. The number of rotatable bonds is 8. The smallest absolute Gasteiger partial charge is 0.266 e. The van der Waals surface area contributed by atoms with Crippen LogP contribution in [0.3, 0.4) is 0 Å². The zero-order chi connectivity index (χ0) is 26.5. The standard InChI is InChI=1S/C27H22Cl2N2O4S2/c1-16(18-8-4-3-5-9-18)31-26(33)23(37-27(31)36)14-17-12-20(29)25(22(13-17)34-2)35-15-24(32)30-21-11-7-6-10-19(21)28/h3-14,16H,15H2,1-2H3,(H,30,32)/b23-14-/t16-/m1/s1.